The predicted molar refractivity (Wildman–Crippen MR) is 115 cm³/mol. The molecule has 0 fully saturated rings. The van der Waals surface area contributed by atoms with Gasteiger partial charge < -0.3 is 14.6 Å². The van der Waals surface area contributed by atoms with E-state index in [0.29, 0.717) is 17.8 Å². The van der Waals surface area contributed by atoms with Gasteiger partial charge in [-0.3, -0.25) is 4.79 Å². The molecule has 2 heterocycles. The number of rotatable bonds is 8. The van der Waals surface area contributed by atoms with Gasteiger partial charge in [-0.05, 0) is 29.1 Å². The van der Waals surface area contributed by atoms with Crippen molar-refractivity contribution < 1.29 is 18.8 Å². The van der Waals surface area contributed by atoms with Gasteiger partial charge in [0.25, 0.3) is 11.8 Å². The summed E-state index contributed by atoms with van der Waals surface area (Å²) in [6.45, 7) is -0.177. The van der Waals surface area contributed by atoms with Crippen molar-refractivity contribution in [2.45, 2.75) is 19.1 Å². The fraction of sp³-hybridized carbons (Fsp3) is 0.130. The van der Waals surface area contributed by atoms with E-state index in [2.05, 4.69) is 15.5 Å². The van der Waals surface area contributed by atoms with Gasteiger partial charge in [-0.15, -0.1) is 11.3 Å². The fourth-order valence-electron chi connectivity index (χ4n) is 2.93. The molecule has 2 aromatic carbocycles. The third-order valence-electron chi connectivity index (χ3n) is 4.46. The van der Waals surface area contributed by atoms with Crippen molar-refractivity contribution >= 4 is 23.2 Å². The van der Waals surface area contributed by atoms with Crippen LogP contribution in [0.25, 0.3) is 10.7 Å². The van der Waals surface area contributed by atoms with Gasteiger partial charge in [-0.25, -0.2) is 4.79 Å². The first-order valence-corrected chi connectivity index (χ1v) is 10.5. The van der Waals surface area contributed by atoms with Crippen LogP contribution in [0, 0.1) is 0 Å². The van der Waals surface area contributed by atoms with Crippen LogP contribution in [0.5, 0.6) is 0 Å². The first-order valence-electron chi connectivity index (χ1n) is 9.62. The van der Waals surface area contributed by atoms with E-state index in [9.17, 15) is 9.59 Å². The second-order valence-electron chi connectivity index (χ2n) is 6.68. The van der Waals surface area contributed by atoms with E-state index in [1.165, 1.54) is 11.3 Å². The molecule has 0 aliphatic heterocycles. The fourth-order valence-corrected chi connectivity index (χ4v) is 3.58. The highest BCUT2D eigenvalue weighted by Crippen LogP contribution is 2.21. The maximum Gasteiger partial charge on any atom is 0.329 e. The number of hydrogen-bond acceptors (Lipinski definition) is 7. The zero-order valence-electron chi connectivity index (χ0n) is 16.4. The van der Waals surface area contributed by atoms with Crippen LogP contribution in [0.15, 0.2) is 82.7 Å². The first-order chi connectivity index (χ1) is 15.2. The molecule has 1 amide bonds. The normalized spacial score (nSPS) is 11.6. The summed E-state index contributed by atoms with van der Waals surface area (Å²) in [5, 5.41) is 8.58. The van der Waals surface area contributed by atoms with Gasteiger partial charge in [0.1, 0.15) is 6.04 Å². The number of nitrogens with one attached hydrogen (secondary N) is 1. The molecule has 31 heavy (non-hydrogen) atoms. The average molecular weight is 433 g/mol. The molecule has 4 aromatic rings. The SMILES string of the molecule is O=C(NC(Cc1ccccc1)C(=O)OCc1nc(-c2cccs2)no1)c1ccccc1. The summed E-state index contributed by atoms with van der Waals surface area (Å²) in [6.07, 6.45) is 0.294. The lowest BCUT2D eigenvalue weighted by Gasteiger charge is -2.17. The molecule has 0 bridgehead atoms. The number of hydrogen-bond donors (Lipinski definition) is 1. The van der Waals surface area contributed by atoms with E-state index in [1.54, 1.807) is 24.3 Å². The number of aromatic nitrogens is 2. The molecule has 1 unspecified atom stereocenters. The largest absolute Gasteiger partial charge is 0.454 e. The highest BCUT2D eigenvalue weighted by molar-refractivity contribution is 7.13. The minimum absolute atomic E-state index is 0.177. The summed E-state index contributed by atoms with van der Waals surface area (Å²) in [5.74, 6) is -0.302. The quantitative estimate of drug-likeness (QED) is 0.424. The molecule has 7 nitrogen and oxygen atoms in total. The Labute approximate surface area is 182 Å². The molecule has 1 atom stereocenters. The van der Waals surface area contributed by atoms with Crippen LogP contribution in [0.4, 0.5) is 0 Å². The number of ether oxygens (including phenoxy) is 1. The number of esters is 1. The summed E-state index contributed by atoms with van der Waals surface area (Å²) < 4.78 is 10.6. The Bertz CT molecular complexity index is 1130. The van der Waals surface area contributed by atoms with E-state index in [-0.39, 0.29) is 18.4 Å². The summed E-state index contributed by atoms with van der Waals surface area (Å²) in [7, 11) is 0. The zero-order chi connectivity index (χ0) is 21.5. The second-order valence-corrected chi connectivity index (χ2v) is 7.63. The molecule has 1 N–H and O–H groups in total. The maximum atomic E-state index is 12.8. The van der Waals surface area contributed by atoms with Gasteiger partial charge in [0.2, 0.25) is 5.82 Å². The Morgan fingerprint density at radius 2 is 1.74 bits per heavy atom. The maximum absolute atomic E-state index is 12.8. The Hall–Kier alpha value is -3.78. The highest BCUT2D eigenvalue weighted by Gasteiger charge is 2.24. The van der Waals surface area contributed by atoms with Gasteiger partial charge in [0, 0.05) is 12.0 Å². The van der Waals surface area contributed by atoms with Crippen molar-refractivity contribution in [3.63, 3.8) is 0 Å². The van der Waals surface area contributed by atoms with Crippen LogP contribution in [0.1, 0.15) is 21.8 Å². The van der Waals surface area contributed by atoms with Crippen LogP contribution < -0.4 is 5.32 Å². The average Bonchev–Trinajstić information content (AvgIpc) is 3.50. The first kappa shape index (κ1) is 20.5. The molecule has 8 heteroatoms. The summed E-state index contributed by atoms with van der Waals surface area (Å²) in [6, 6.07) is 21.0. The standard InChI is InChI=1S/C23H19N3O4S/c27-22(17-10-5-2-6-11-17)24-18(14-16-8-3-1-4-9-16)23(28)29-15-20-25-21(26-30-20)19-12-7-13-31-19/h1-13,18H,14-15H2,(H,24,27). The molecule has 0 aliphatic carbocycles. The Balaban J connectivity index is 1.43. The topological polar surface area (TPSA) is 94.3 Å². The zero-order valence-corrected chi connectivity index (χ0v) is 17.2. The molecule has 2 aromatic heterocycles. The van der Waals surface area contributed by atoms with Crippen molar-refractivity contribution in [3.05, 3.63) is 95.2 Å². The van der Waals surface area contributed by atoms with Crippen molar-refractivity contribution in [1.29, 1.82) is 0 Å². The number of carbonyl (C=O) groups is 2. The van der Waals surface area contributed by atoms with E-state index >= 15 is 0 Å². The van der Waals surface area contributed by atoms with E-state index in [4.69, 9.17) is 9.26 Å². The van der Waals surface area contributed by atoms with Crippen LogP contribution >= 0.6 is 11.3 Å². The molecule has 0 spiro atoms. The monoisotopic (exact) mass is 433 g/mol. The Kier molecular flexibility index (Phi) is 6.49. The van der Waals surface area contributed by atoms with Gasteiger partial charge in [0.15, 0.2) is 6.61 Å². The number of carbonyl (C=O) groups excluding carboxylic acids is 2. The lowest BCUT2D eigenvalue weighted by atomic mass is 10.1. The molecule has 0 saturated heterocycles. The lowest BCUT2D eigenvalue weighted by molar-refractivity contribution is -0.148. The summed E-state index contributed by atoms with van der Waals surface area (Å²) >= 11 is 1.48. The van der Waals surface area contributed by atoms with E-state index in [0.717, 1.165) is 10.4 Å². The van der Waals surface area contributed by atoms with Gasteiger partial charge in [-0.2, -0.15) is 4.98 Å². The van der Waals surface area contributed by atoms with Gasteiger partial charge in [-0.1, -0.05) is 59.8 Å². The van der Waals surface area contributed by atoms with Crippen LogP contribution in [-0.2, 0) is 22.6 Å². The van der Waals surface area contributed by atoms with Crippen molar-refractivity contribution in [2.75, 3.05) is 0 Å². The molecule has 0 aliphatic rings. The van der Waals surface area contributed by atoms with Crippen LogP contribution in [-0.4, -0.2) is 28.1 Å². The summed E-state index contributed by atoms with van der Waals surface area (Å²) in [5.41, 5.74) is 1.36. The minimum atomic E-state index is -0.866. The molecule has 156 valence electrons. The number of nitrogens with zero attached hydrogens (tertiary/aromatic N) is 2. The number of benzene rings is 2. The van der Waals surface area contributed by atoms with Crippen molar-refractivity contribution in [2.24, 2.45) is 0 Å². The van der Waals surface area contributed by atoms with E-state index < -0.39 is 12.0 Å². The van der Waals surface area contributed by atoms with Crippen molar-refractivity contribution in [1.82, 2.24) is 15.5 Å². The molecular formula is C23H19N3O4S. The molecule has 0 saturated carbocycles. The lowest BCUT2D eigenvalue weighted by Crippen LogP contribution is -2.43. The minimum Gasteiger partial charge on any atom is -0.454 e. The van der Waals surface area contributed by atoms with Gasteiger partial charge in [0.05, 0.1) is 4.88 Å². The van der Waals surface area contributed by atoms with E-state index in [1.807, 2.05) is 53.9 Å². The molecule has 4 rings (SSSR count). The highest BCUT2D eigenvalue weighted by atomic mass is 32.1. The third kappa shape index (κ3) is 5.43. The smallest absolute Gasteiger partial charge is 0.329 e. The van der Waals surface area contributed by atoms with Crippen LogP contribution in [0.2, 0.25) is 0 Å². The Morgan fingerprint density at radius 3 is 2.45 bits per heavy atom. The third-order valence-corrected chi connectivity index (χ3v) is 5.32. The van der Waals surface area contributed by atoms with Crippen LogP contribution in [0.3, 0.4) is 0 Å². The molecular weight excluding hydrogens is 414 g/mol. The number of thiophene rings is 1. The predicted octanol–water partition coefficient (Wildman–Crippen LogP) is 3.88. The van der Waals surface area contributed by atoms with Gasteiger partial charge >= 0.3 is 5.97 Å². The Morgan fingerprint density at radius 1 is 1.00 bits per heavy atom. The van der Waals surface area contributed by atoms with Crippen molar-refractivity contribution in [3.8, 4) is 10.7 Å². The number of amides is 1. The second kappa shape index (κ2) is 9.82. The summed E-state index contributed by atoms with van der Waals surface area (Å²) in [4.78, 5) is 30.5. The molecule has 0 radical (unpaired) electrons.